The molecule has 0 saturated carbocycles. The van der Waals surface area contributed by atoms with Crippen molar-refractivity contribution in [2.75, 3.05) is 11.9 Å². The number of benzene rings is 2. The molecular formula is C19H19ClN2O5. The normalized spacial score (nSPS) is 11.5. The summed E-state index contributed by atoms with van der Waals surface area (Å²) in [6, 6.07) is 11.0. The van der Waals surface area contributed by atoms with Crippen LogP contribution in [0.3, 0.4) is 0 Å². The average Bonchev–Trinajstić information content (AvgIpc) is 2.66. The molecule has 142 valence electrons. The van der Waals surface area contributed by atoms with Gasteiger partial charge < -0.3 is 10.1 Å². The third-order valence-corrected chi connectivity index (χ3v) is 4.41. The fraction of sp³-hybridized carbons (Fsp3) is 0.263. The molecule has 0 fully saturated rings. The van der Waals surface area contributed by atoms with Crippen LogP contribution in [0.15, 0.2) is 42.5 Å². The molecule has 1 N–H and O–H groups in total. The Bertz CT molecular complexity index is 852. The SMILES string of the molecule is CC[C@@H](C)c1ccc(NC(=O)COC(=O)c2ccc(Cl)c([N+](=O)[O-])c2)cc1. The number of nitrogens with one attached hydrogen (secondary N) is 1. The van der Waals surface area contributed by atoms with Crippen LogP contribution in [0.2, 0.25) is 5.02 Å². The van der Waals surface area contributed by atoms with E-state index in [4.69, 9.17) is 16.3 Å². The molecule has 27 heavy (non-hydrogen) atoms. The lowest BCUT2D eigenvalue weighted by atomic mass is 9.99. The number of nitro groups is 1. The van der Waals surface area contributed by atoms with E-state index in [1.54, 1.807) is 12.1 Å². The summed E-state index contributed by atoms with van der Waals surface area (Å²) in [6.07, 6.45) is 1.02. The number of nitrogens with zero attached hydrogens (tertiary/aromatic N) is 1. The summed E-state index contributed by atoms with van der Waals surface area (Å²) in [5, 5.41) is 13.4. The number of hydrogen-bond donors (Lipinski definition) is 1. The summed E-state index contributed by atoms with van der Waals surface area (Å²) >= 11 is 5.70. The van der Waals surface area contributed by atoms with Crippen LogP contribution in [0.4, 0.5) is 11.4 Å². The first-order valence-corrected chi connectivity index (χ1v) is 8.70. The maximum atomic E-state index is 12.0. The van der Waals surface area contributed by atoms with Gasteiger partial charge in [0.25, 0.3) is 11.6 Å². The number of anilines is 1. The quantitative estimate of drug-likeness (QED) is 0.424. The molecule has 7 nitrogen and oxygen atoms in total. The third-order valence-electron chi connectivity index (χ3n) is 4.09. The molecule has 2 rings (SSSR count). The number of carbonyl (C=O) groups excluding carboxylic acids is 2. The van der Waals surface area contributed by atoms with Gasteiger partial charge in [-0.1, -0.05) is 37.6 Å². The van der Waals surface area contributed by atoms with Crippen molar-refractivity contribution in [3.63, 3.8) is 0 Å². The Morgan fingerprint density at radius 1 is 1.22 bits per heavy atom. The molecule has 8 heteroatoms. The second-order valence-electron chi connectivity index (χ2n) is 5.98. The van der Waals surface area contributed by atoms with Crippen molar-refractivity contribution in [1.82, 2.24) is 0 Å². The number of halogens is 1. The fourth-order valence-electron chi connectivity index (χ4n) is 2.32. The molecule has 2 aromatic rings. The summed E-state index contributed by atoms with van der Waals surface area (Å²) in [6.45, 7) is 3.71. The molecule has 0 bridgehead atoms. The molecule has 0 aromatic heterocycles. The van der Waals surface area contributed by atoms with Gasteiger partial charge in [0.15, 0.2) is 6.61 Å². The highest BCUT2D eigenvalue weighted by molar-refractivity contribution is 6.32. The molecule has 0 aliphatic heterocycles. The Kier molecular flexibility index (Phi) is 6.90. The largest absolute Gasteiger partial charge is 0.452 e. The van der Waals surface area contributed by atoms with Crippen molar-refractivity contribution in [1.29, 1.82) is 0 Å². The zero-order valence-electron chi connectivity index (χ0n) is 14.9. The van der Waals surface area contributed by atoms with Crippen LogP contribution in [0.25, 0.3) is 0 Å². The maximum Gasteiger partial charge on any atom is 0.338 e. The number of ether oxygens (including phenoxy) is 1. The third kappa shape index (κ3) is 5.52. The molecule has 0 radical (unpaired) electrons. The molecule has 0 saturated heterocycles. The average molecular weight is 391 g/mol. The van der Waals surface area contributed by atoms with Gasteiger partial charge in [0.1, 0.15) is 5.02 Å². The van der Waals surface area contributed by atoms with Gasteiger partial charge in [-0.2, -0.15) is 0 Å². The Balaban J connectivity index is 1.92. The van der Waals surface area contributed by atoms with Crippen molar-refractivity contribution in [3.8, 4) is 0 Å². The summed E-state index contributed by atoms with van der Waals surface area (Å²) in [5.41, 5.74) is 1.30. The summed E-state index contributed by atoms with van der Waals surface area (Å²) in [5.74, 6) is -0.931. The molecule has 0 aliphatic rings. The van der Waals surface area contributed by atoms with Gasteiger partial charge in [0.2, 0.25) is 0 Å². The van der Waals surface area contributed by atoms with E-state index in [2.05, 4.69) is 19.2 Å². The van der Waals surface area contributed by atoms with Gasteiger partial charge in [0.05, 0.1) is 10.5 Å². The van der Waals surface area contributed by atoms with Crippen LogP contribution >= 0.6 is 11.6 Å². The molecular weight excluding hydrogens is 372 g/mol. The van der Waals surface area contributed by atoms with Crippen LogP contribution in [-0.4, -0.2) is 23.4 Å². The van der Waals surface area contributed by atoms with E-state index in [0.29, 0.717) is 11.6 Å². The van der Waals surface area contributed by atoms with Crippen molar-refractivity contribution in [3.05, 3.63) is 68.7 Å². The highest BCUT2D eigenvalue weighted by Crippen LogP contribution is 2.25. The monoisotopic (exact) mass is 390 g/mol. The van der Waals surface area contributed by atoms with Crippen LogP contribution < -0.4 is 5.32 Å². The molecule has 2 aromatic carbocycles. The Morgan fingerprint density at radius 3 is 2.48 bits per heavy atom. The molecule has 0 spiro atoms. The molecule has 1 amide bonds. The number of amides is 1. The number of carbonyl (C=O) groups is 2. The van der Waals surface area contributed by atoms with Gasteiger partial charge in [-0.15, -0.1) is 0 Å². The number of hydrogen-bond acceptors (Lipinski definition) is 5. The Hall–Kier alpha value is -2.93. The first-order valence-electron chi connectivity index (χ1n) is 8.32. The van der Waals surface area contributed by atoms with E-state index >= 15 is 0 Å². The van der Waals surface area contributed by atoms with Crippen LogP contribution in [0.1, 0.15) is 42.1 Å². The zero-order valence-corrected chi connectivity index (χ0v) is 15.7. The van der Waals surface area contributed by atoms with Gasteiger partial charge in [0, 0.05) is 11.8 Å². The minimum absolute atomic E-state index is 0.0585. The summed E-state index contributed by atoms with van der Waals surface area (Å²) < 4.78 is 4.90. The van der Waals surface area contributed by atoms with Gasteiger partial charge in [-0.3, -0.25) is 14.9 Å². The second kappa shape index (κ2) is 9.14. The smallest absolute Gasteiger partial charge is 0.338 e. The van der Waals surface area contributed by atoms with Crippen LogP contribution in [-0.2, 0) is 9.53 Å². The Labute approximate surface area is 161 Å². The van der Waals surface area contributed by atoms with Crippen LogP contribution in [0, 0.1) is 10.1 Å². The van der Waals surface area contributed by atoms with Crippen molar-refractivity contribution in [2.24, 2.45) is 0 Å². The lowest BCUT2D eigenvalue weighted by molar-refractivity contribution is -0.384. The topological polar surface area (TPSA) is 98.5 Å². The predicted molar refractivity (Wildman–Crippen MR) is 102 cm³/mol. The predicted octanol–water partition coefficient (Wildman–Crippen LogP) is 4.56. The van der Waals surface area contributed by atoms with Gasteiger partial charge in [-0.05, 0) is 42.2 Å². The van der Waals surface area contributed by atoms with E-state index in [1.165, 1.54) is 17.7 Å². The first-order chi connectivity index (χ1) is 12.8. The minimum atomic E-state index is -0.850. The van der Waals surface area contributed by atoms with Crippen molar-refractivity contribution in [2.45, 2.75) is 26.2 Å². The number of esters is 1. The van der Waals surface area contributed by atoms with Crippen LogP contribution in [0.5, 0.6) is 0 Å². The van der Waals surface area contributed by atoms with E-state index in [-0.39, 0.29) is 10.6 Å². The van der Waals surface area contributed by atoms with Gasteiger partial charge in [-0.25, -0.2) is 4.79 Å². The highest BCUT2D eigenvalue weighted by atomic mass is 35.5. The molecule has 0 heterocycles. The van der Waals surface area contributed by atoms with E-state index in [1.807, 2.05) is 12.1 Å². The van der Waals surface area contributed by atoms with Crippen molar-refractivity contribution >= 4 is 34.9 Å². The second-order valence-corrected chi connectivity index (χ2v) is 6.39. The molecule has 1 atom stereocenters. The summed E-state index contributed by atoms with van der Waals surface area (Å²) in [7, 11) is 0. The Morgan fingerprint density at radius 2 is 1.89 bits per heavy atom. The number of nitro benzene ring substituents is 1. The first kappa shape index (κ1) is 20.4. The standard InChI is InChI=1S/C19H19ClN2O5/c1-3-12(2)13-4-7-15(8-5-13)21-18(23)11-27-19(24)14-6-9-16(20)17(10-14)22(25)26/h4-10,12H,3,11H2,1-2H3,(H,21,23)/t12-/m1/s1. The minimum Gasteiger partial charge on any atom is -0.452 e. The van der Waals surface area contributed by atoms with Crippen molar-refractivity contribution < 1.29 is 19.2 Å². The van der Waals surface area contributed by atoms with Gasteiger partial charge >= 0.3 is 5.97 Å². The fourth-order valence-corrected chi connectivity index (χ4v) is 2.51. The zero-order chi connectivity index (χ0) is 20.0. The van der Waals surface area contributed by atoms with E-state index < -0.39 is 29.1 Å². The lowest BCUT2D eigenvalue weighted by Crippen LogP contribution is -2.21. The molecule has 0 aliphatic carbocycles. The summed E-state index contributed by atoms with van der Waals surface area (Å²) in [4.78, 5) is 34.1. The number of rotatable bonds is 7. The molecule has 0 unspecified atom stereocenters. The highest BCUT2D eigenvalue weighted by Gasteiger charge is 2.18. The van der Waals surface area contributed by atoms with E-state index in [0.717, 1.165) is 12.5 Å². The maximum absolute atomic E-state index is 12.0. The van der Waals surface area contributed by atoms with E-state index in [9.17, 15) is 19.7 Å². The lowest BCUT2D eigenvalue weighted by Gasteiger charge is -2.10.